The van der Waals surface area contributed by atoms with Gasteiger partial charge in [-0.2, -0.15) is 0 Å². The average molecular weight is 404 g/mol. The molecule has 1 aromatic rings. The van der Waals surface area contributed by atoms with Gasteiger partial charge in [-0.15, -0.1) is 0 Å². The number of hydrogen-bond donors (Lipinski definition) is 1. The Morgan fingerprint density at radius 3 is 2.52 bits per heavy atom. The Kier molecular flexibility index (Phi) is 8.50. The molecule has 0 radical (unpaired) electrons. The number of piperidine rings is 1. The van der Waals surface area contributed by atoms with Crippen molar-refractivity contribution in [3.8, 4) is 0 Å². The number of carbonyl (C=O) groups excluding carboxylic acids is 2. The first kappa shape index (κ1) is 23.2. The Morgan fingerprint density at radius 1 is 1.21 bits per heavy atom. The topological polar surface area (TPSA) is 61.9 Å². The molecule has 0 spiro atoms. The first-order valence-corrected chi connectivity index (χ1v) is 10.7. The molecule has 1 N–H and O–H groups in total. The Hall–Kier alpha value is -2.08. The Morgan fingerprint density at radius 2 is 1.90 bits per heavy atom. The highest BCUT2D eigenvalue weighted by atomic mass is 16.6. The van der Waals surface area contributed by atoms with Crippen LogP contribution in [0, 0.1) is 0 Å². The number of nitrogens with zero attached hydrogens (tertiary/aromatic N) is 2. The molecule has 1 aliphatic heterocycles. The van der Waals surface area contributed by atoms with E-state index in [1.54, 1.807) is 0 Å². The maximum atomic E-state index is 13.1. The van der Waals surface area contributed by atoms with Gasteiger partial charge in [0, 0.05) is 25.2 Å². The van der Waals surface area contributed by atoms with Crippen molar-refractivity contribution in [2.45, 2.75) is 78.1 Å². The number of likely N-dealkylation sites (tertiary alicyclic amines) is 1. The third-order valence-electron chi connectivity index (χ3n) is 5.11. The summed E-state index contributed by atoms with van der Waals surface area (Å²) in [4.78, 5) is 29.2. The van der Waals surface area contributed by atoms with Crippen molar-refractivity contribution < 1.29 is 14.3 Å². The van der Waals surface area contributed by atoms with Gasteiger partial charge in [-0.1, -0.05) is 36.8 Å². The van der Waals surface area contributed by atoms with E-state index in [4.69, 9.17) is 4.74 Å². The normalized spacial score (nSPS) is 17.8. The van der Waals surface area contributed by atoms with E-state index in [-0.39, 0.29) is 18.0 Å². The molecular weight excluding hydrogens is 366 g/mol. The van der Waals surface area contributed by atoms with Crippen molar-refractivity contribution in [1.29, 1.82) is 0 Å². The fourth-order valence-electron chi connectivity index (χ4n) is 3.62. The molecule has 2 amide bonds. The summed E-state index contributed by atoms with van der Waals surface area (Å²) >= 11 is 0. The van der Waals surface area contributed by atoms with E-state index in [0.717, 1.165) is 31.4 Å². The van der Waals surface area contributed by atoms with Crippen LogP contribution in [-0.2, 0) is 16.1 Å². The van der Waals surface area contributed by atoms with E-state index < -0.39 is 11.7 Å². The van der Waals surface area contributed by atoms with Crippen LogP contribution in [-0.4, -0.2) is 59.1 Å². The summed E-state index contributed by atoms with van der Waals surface area (Å²) in [5.41, 5.74) is 0.623. The summed E-state index contributed by atoms with van der Waals surface area (Å²) in [5.74, 6) is 0.132. The minimum absolute atomic E-state index is 0.130. The van der Waals surface area contributed by atoms with Gasteiger partial charge in [0.1, 0.15) is 5.60 Å². The van der Waals surface area contributed by atoms with Crippen LogP contribution in [0.25, 0.3) is 0 Å². The molecule has 0 saturated carbocycles. The van der Waals surface area contributed by atoms with Gasteiger partial charge in [-0.25, -0.2) is 4.79 Å². The number of hydrogen-bond acceptors (Lipinski definition) is 4. The van der Waals surface area contributed by atoms with Gasteiger partial charge >= 0.3 is 6.09 Å². The minimum atomic E-state index is -0.512. The standard InChI is InChI=1S/C23H37N3O3/c1-18(2)26(16-19-11-7-6-8-12-19)21(27)17-25-14-10-9-13-20(25)15-24-22(28)29-23(3,4)5/h6-8,11-12,18,20H,9-10,13-17H2,1-5H3,(H,24,28). The van der Waals surface area contributed by atoms with Crippen LogP contribution < -0.4 is 5.32 Å². The maximum absolute atomic E-state index is 13.1. The molecule has 1 saturated heterocycles. The fourth-order valence-corrected chi connectivity index (χ4v) is 3.62. The van der Waals surface area contributed by atoms with E-state index >= 15 is 0 Å². The number of amides is 2. The van der Waals surface area contributed by atoms with Crippen molar-refractivity contribution in [3.63, 3.8) is 0 Å². The lowest BCUT2D eigenvalue weighted by molar-refractivity contribution is -0.135. The number of nitrogens with one attached hydrogen (secondary N) is 1. The molecule has 1 atom stereocenters. The molecule has 0 bridgehead atoms. The number of ether oxygens (including phenoxy) is 1. The average Bonchev–Trinajstić information content (AvgIpc) is 2.64. The van der Waals surface area contributed by atoms with Gasteiger partial charge in [0.25, 0.3) is 0 Å². The SMILES string of the molecule is CC(C)N(Cc1ccccc1)C(=O)CN1CCCCC1CNC(=O)OC(C)(C)C. The number of alkyl carbamates (subject to hydrolysis) is 1. The summed E-state index contributed by atoms with van der Waals surface area (Å²) < 4.78 is 5.34. The molecular formula is C23H37N3O3. The zero-order chi connectivity index (χ0) is 21.4. The van der Waals surface area contributed by atoms with E-state index in [2.05, 4.69) is 36.2 Å². The molecule has 0 aliphatic carbocycles. The summed E-state index contributed by atoms with van der Waals surface area (Å²) in [7, 11) is 0. The third kappa shape index (κ3) is 8.05. The van der Waals surface area contributed by atoms with E-state index in [1.165, 1.54) is 0 Å². The third-order valence-corrected chi connectivity index (χ3v) is 5.11. The van der Waals surface area contributed by atoms with Crippen LogP contribution in [0.3, 0.4) is 0 Å². The van der Waals surface area contributed by atoms with Gasteiger partial charge in [0.05, 0.1) is 6.54 Å². The molecule has 1 heterocycles. The molecule has 1 aromatic carbocycles. The highest BCUT2D eigenvalue weighted by Gasteiger charge is 2.28. The van der Waals surface area contributed by atoms with E-state index in [9.17, 15) is 9.59 Å². The second kappa shape index (κ2) is 10.6. The molecule has 29 heavy (non-hydrogen) atoms. The van der Waals surface area contributed by atoms with Crippen molar-refractivity contribution in [2.24, 2.45) is 0 Å². The molecule has 0 aromatic heterocycles. The highest BCUT2D eigenvalue weighted by Crippen LogP contribution is 2.18. The summed E-state index contributed by atoms with van der Waals surface area (Å²) in [5, 5.41) is 2.88. The molecule has 1 aliphatic rings. The largest absolute Gasteiger partial charge is 0.444 e. The van der Waals surface area contributed by atoms with Gasteiger partial charge in [-0.05, 0) is 59.6 Å². The second-order valence-electron chi connectivity index (χ2n) is 9.10. The van der Waals surface area contributed by atoms with Gasteiger partial charge in [-0.3, -0.25) is 9.69 Å². The zero-order valence-electron chi connectivity index (χ0n) is 18.6. The molecule has 162 valence electrons. The van der Waals surface area contributed by atoms with Crippen LogP contribution >= 0.6 is 0 Å². The Balaban J connectivity index is 1.95. The van der Waals surface area contributed by atoms with E-state index in [0.29, 0.717) is 19.6 Å². The van der Waals surface area contributed by atoms with Crippen molar-refractivity contribution in [3.05, 3.63) is 35.9 Å². The predicted molar refractivity (Wildman–Crippen MR) is 116 cm³/mol. The molecule has 1 unspecified atom stereocenters. The van der Waals surface area contributed by atoms with Crippen LogP contribution in [0.5, 0.6) is 0 Å². The predicted octanol–water partition coefficient (Wildman–Crippen LogP) is 3.80. The monoisotopic (exact) mass is 403 g/mol. The molecule has 6 heteroatoms. The number of benzene rings is 1. The first-order chi connectivity index (χ1) is 13.7. The molecule has 6 nitrogen and oxygen atoms in total. The lowest BCUT2D eigenvalue weighted by Gasteiger charge is -2.37. The fraction of sp³-hybridized carbons (Fsp3) is 0.652. The van der Waals surface area contributed by atoms with Gasteiger partial charge < -0.3 is 15.0 Å². The van der Waals surface area contributed by atoms with Gasteiger partial charge in [0.15, 0.2) is 0 Å². The quantitative estimate of drug-likeness (QED) is 0.752. The lowest BCUT2D eigenvalue weighted by atomic mass is 10.0. The van der Waals surface area contributed by atoms with Gasteiger partial charge in [0.2, 0.25) is 5.91 Å². The lowest BCUT2D eigenvalue weighted by Crippen LogP contribution is -2.51. The summed E-state index contributed by atoms with van der Waals surface area (Å²) in [6, 6.07) is 10.4. The minimum Gasteiger partial charge on any atom is -0.444 e. The van der Waals surface area contributed by atoms with Crippen LogP contribution in [0.1, 0.15) is 59.4 Å². The number of carbonyl (C=O) groups is 2. The van der Waals surface area contributed by atoms with E-state index in [1.807, 2.05) is 43.9 Å². The van der Waals surface area contributed by atoms with Crippen LogP contribution in [0.15, 0.2) is 30.3 Å². The molecule has 1 fully saturated rings. The smallest absolute Gasteiger partial charge is 0.407 e. The zero-order valence-corrected chi connectivity index (χ0v) is 18.6. The second-order valence-corrected chi connectivity index (χ2v) is 9.10. The molecule has 2 rings (SSSR count). The highest BCUT2D eigenvalue weighted by molar-refractivity contribution is 5.78. The van der Waals surface area contributed by atoms with Crippen molar-refractivity contribution >= 4 is 12.0 Å². The van der Waals surface area contributed by atoms with Crippen LogP contribution in [0.4, 0.5) is 4.79 Å². The Labute approximate surface area is 175 Å². The first-order valence-electron chi connectivity index (χ1n) is 10.7. The van der Waals surface area contributed by atoms with Crippen molar-refractivity contribution in [2.75, 3.05) is 19.6 Å². The maximum Gasteiger partial charge on any atom is 0.407 e. The van der Waals surface area contributed by atoms with Crippen LogP contribution in [0.2, 0.25) is 0 Å². The summed E-state index contributed by atoms with van der Waals surface area (Å²) in [6.07, 6.45) is 2.77. The number of rotatable bonds is 7. The summed E-state index contributed by atoms with van der Waals surface area (Å²) in [6.45, 7) is 12.0. The Bertz CT molecular complexity index is 655. The van der Waals surface area contributed by atoms with Crippen molar-refractivity contribution in [1.82, 2.24) is 15.1 Å².